The molecule has 1 unspecified atom stereocenters. The summed E-state index contributed by atoms with van der Waals surface area (Å²) in [4.78, 5) is 11.8. The molecule has 1 aromatic rings. The summed E-state index contributed by atoms with van der Waals surface area (Å²) >= 11 is 3.25. The second-order valence-electron chi connectivity index (χ2n) is 4.14. The lowest BCUT2D eigenvalue weighted by molar-refractivity contribution is 0.120. The van der Waals surface area contributed by atoms with E-state index in [1.165, 1.54) is 4.68 Å². The third-order valence-corrected chi connectivity index (χ3v) is 3.61. The molecule has 1 aromatic heterocycles. The van der Waals surface area contributed by atoms with E-state index < -0.39 is 0 Å². The van der Waals surface area contributed by atoms with Crippen LogP contribution < -0.4 is 10.9 Å². The number of hydrogen-bond donors (Lipinski definition) is 2. The van der Waals surface area contributed by atoms with Crippen molar-refractivity contribution in [2.24, 2.45) is 0 Å². The van der Waals surface area contributed by atoms with Crippen LogP contribution in [0.5, 0.6) is 0 Å². The van der Waals surface area contributed by atoms with E-state index in [1.807, 2.05) is 0 Å². The minimum Gasteiger partial charge on any atom is -0.394 e. The monoisotopic (exact) mass is 317 g/mol. The van der Waals surface area contributed by atoms with Crippen LogP contribution in [0.2, 0.25) is 0 Å². The maximum Gasteiger partial charge on any atom is 0.283 e. The number of nitrogens with one attached hydrogen (secondary N) is 1. The zero-order valence-electron chi connectivity index (χ0n) is 9.93. The summed E-state index contributed by atoms with van der Waals surface area (Å²) in [6.45, 7) is 1.57. The summed E-state index contributed by atoms with van der Waals surface area (Å²) in [5.41, 5.74) is 0.408. The van der Waals surface area contributed by atoms with Crippen molar-refractivity contribution < 1.29 is 9.84 Å². The summed E-state index contributed by atoms with van der Waals surface area (Å²) in [6, 6.07) is 0. The highest BCUT2D eigenvalue weighted by Gasteiger charge is 2.16. The molecule has 0 radical (unpaired) electrons. The van der Waals surface area contributed by atoms with Crippen molar-refractivity contribution in [3.63, 3.8) is 0 Å². The Morgan fingerprint density at radius 2 is 2.50 bits per heavy atom. The van der Waals surface area contributed by atoms with Gasteiger partial charge in [-0.3, -0.25) is 4.79 Å². The number of aliphatic hydroxyl groups excluding tert-OH is 1. The fourth-order valence-electron chi connectivity index (χ4n) is 1.87. The molecule has 1 aliphatic heterocycles. The highest BCUT2D eigenvalue weighted by molar-refractivity contribution is 9.10. The van der Waals surface area contributed by atoms with E-state index in [-0.39, 0.29) is 24.8 Å². The predicted molar refractivity (Wildman–Crippen MR) is 70.7 cm³/mol. The molecular formula is C11H16BrN3O3. The molecule has 0 amide bonds. The molecule has 7 heteroatoms. The third-order valence-electron chi connectivity index (χ3n) is 2.84. The molecule has 1 aliphatic rings. The van der Waals surface area contributed by atoms with Crippen LogP contribution in [0.15, 0.2) is 15.5 Å². The van der Waals surface area contributed by atoms with E-state index in [0.717, 1.165) is 19.4 Å². The average Bonchev–Trinajstić information content (AvgIpc) is 2.87. The van der Waals surface area contributed by atoms with Crippen LogP contribution >= 0.6 is 15.9 Å². The van der Waals surface area contributed by atoms with Crippen molar-refractivity contribution in [1.82, 2.24) is 9.78 Å². The standard InChI is InChI=1S/C11H16BrN3O3/c12-10-9(13-6-8-2-1-5-18-8)7-14-15(3-4-16)11(10)17/h7-8,13,16H,1-6H2. The molecule has 1 fully saturated rings. The van der Waals surface area contributed by atoms with E-state index in [1.54, 1.807) is 6.20 Å². The minimum atomic E-state index is -0.249. The molecule has 2 rings (SSSR count). The Kier molecular flexibility index (Phi) is 4.73. The Hall–Kier alpha value is -0.920. The first-order valence-corrected chi connectivity index (χ1v) is 6.73. The molecule has 1 saturated heterocycles. The Labute approximate surface area is 113 Å². The van der Waals surface area contributed by atoms with Crippen LogP contribution in [-0.2, 0) is 11.3 Å². The molecule has 0 saturated carbocycles. The van der Waals surface area contributed by atoms with Gasteiger partial charge in [0, 0.05) is 13.2 Å². The van der Waals surface area contributed by atoms with Crippen LogP contribution in [0.4, 0.5) is 5.69 Å². The lowest BCUT2D eigenvalue weighted by atomic mass is 10.2. The second kappa shape index (κ2) is 6.31. The molecule has 1 atom stereocenters. The molecule has 0 spiro atoms. The summed E-state index contributed by atoms with van der Waals surface area (Å²) in [6.07, 6.45) is 3.91. The van der Waals surface area contributed by atoms with Crippen molar-refractivity contribution in [1.29, 1.82) is 0 Å². The lowest BCUT2D eigenvalue weighted by Gasteiger charge is -2.13. The molecule has 0 aliphatic carbocycles. The molecule has 2 heterocycles. The van der Waals surface area contributed by atoms with Crippen LogP contribution in [0.25, 0.3) is 0 Å². The van der Waals surface area contributed by atoms with Gasteiger partial charge in [0.15, 0.2) is 0 Å². The predicted octanol–water partition coefficient (Wildman–Crippen LogP) is 0.589. The molecule has 6 nitrogen and oxygen atoms in total. The van der Waals surface area contributed by atoms with Crippen LogP contribution in [0.3, 0.4) is 0 Å². The van der Waals surface area contributed by atoms with Crippen molar-refractivity contribution in [2.75, 3.05) is 25.1 Å². The maximum absolute atomic E-state index is 11.8. The van der Waals surface area contributed by atoms with E-state index in [0.29, 0.717) is 16.7 Å². The van der Waals surface area contributed by atoms with Gasteiger partial charge in [0.25, 0.3) is 5.56 Å². The van der Waals surface area contributed by atoms with Crippen LogP contribution in [-0.4, -0.2) is 40.7 Å². The summed E-state index contributed by atoms with van der Waals surface area (Å²) in [7, 11) is 0. The van der Waals surface area contributed by atoms with Gasteiger partial charge in [0.05, 0.1) is 31.1 Å². The van der Waals surface area contributed by atoms with Crippen molar-refractivity contribution >= 4 is 21.6 Å². The lowest BCUT2D eigenvalue weighted by Crippen LogP contribution is -2.27. The Morgan fingerprint density at radius 1 is 1.67 bits per heavy atom. The van der Waals surface area contributed by atoms with Crippen molar-refractivity contribution in [2.45, 2.75) is 25.5 Å². The first kappa shape index (κ1) is 13.5. The number of ether oxygens (including phenoxy) is 1. The highest BCUT2D eigenvalue weighted by Crippen LogP contribution is 2.18. The largest absolute Gasteiger partial charge is 0.394 e. The SMILES string of the molecule is O=c1c(Br)c(NCC2CCCO2)cnn1CCO. The normalized spacial score (nSPS) is 19.1. The number of aromatic nitrogens is 2. The average molecular weight is 318 g/mol. The summed E-state index contributed by atoms with van der Waals surface area (Å²) < 4.78 is 7.15. The Bertz CT molecular complexity index is 457. The second-order valence-corrected chi connectivity index (χ2v) is 4.93. The quantitative estimate of drug-likeness (QED) is 0.831. The maximum atomic E-state index is 11.8. The van der Waals surface area contributed by atoms with E-state index in [4.69, 9.17) is 9.84 Å². The smallest absolute Gasteiger partial charge is 0.283 e. The topological polar surface area (TPSA) is 76.4 Å². The molecule has 18 heavy (non-hydrogen) atoms. The molecule has 2 N–H and O–H groups in total. The first-order valence-electron chi connectivity index (χ1n) is 5.94. The number of halogens is 1. The summed E-state index contributed by atoms with van der Waals surface area (Å²) in [5, 5.41) is 15.9. The highest BCUT2D eigenvalue weighted by atomic mass is 79.9. The van der Waals surface area contributed by atoms with Gasteiger partial charge in [-0.1, -0.05) is 0 Å². The molecule has 0 bridgehead atoms. The van der Waals surface area contributed by atoms with Gasteiger partial charge in [-0.2, -0.15) is 5.10 Å². The zero-order valence-corrected chi connectivity index (χ0v) is 11.5. The molecular weight excluding hydrogens is 302 g/mol. The van der Waals surface area contributed by atoms with Gasteiger partial charge in [-0.15, -0.1) is 0 Å². The molecule has 0 aromatic carbocycles. The number of anilines is 1. The summed E-state index contributed by atoms with van der Waals surface area (Å²) in [5.74, 6) is 0. The van der Waals surface area contributed by atoms with Gasteiger partial charge in [-0.25, -0.2) is 4.68 Å². The van der Waals surface area contributed by atoms with Gasteiger partial charge < -0.3 is 15.2 Å². The zero-order chi connectivity index (χ0) is 13.0. The number of hydrogen-bond acceptors (Lipinski definition) is 5. The fourth-order valence-corrected chi connectivity index (χ4v) is 2.32. The van der Waals surface area contributed by atoms with E-state index in [9.17, 15) is 4.79 Å². The van der Waals surface area contributed by atoms with Crippen LogP contribution in [0.1, 0.15) is 12.8 Å². The number of aliphatic hydroxyl groups is 1. The van der Waals surface area contributed by atoms with Gasteiger partial charge in [0.1, 0.15) is 4.47 Å². The van der Waals surface area contributed by atoms with Crippen LogP contribution in [0, 0.1) is 0 Å². The number of nitrogens with zero attached hydrogens (tertiary/aromatic N) is 2. The molecule has 100 valence electrons. The van der Waals surface area contributed by atoms with Gasteiger partial charge >= 0.3 is 0 Å². The van der Waals surface area contributed by atoms with Gasteiger partial charge in [0.2, 0.25) is 0 Å². The Morgan fingerprint density at radius 3 is 3.17 bits per heavy atom. The van der Waals surface area contributed by atoms with E-state index in [2.05, 4.69) is 26.3 Å². The number of rotatable bonds is 5. The third kappa shape index (κ3) is 3.09. The minimum absolute atomic E-state index is 0.109. The Balaban J connectivity index is 2.04. The fraction of sp³-hybridized carbons (Fsp3) is 0.636. The van der Waals surface area contributed by atoms with E-state index >= 15 is 0 Å². The van der Waals surface area contributed by atoms with Crippen molar-refractivity contribution in [3.05, 3.63) is 21.0 Å². The van der Waals surface area contributed by atoms with Gasteiger partial charge in [-0.05, 0) is 28.8 Å². The van der Waals surface area contributed by atoms with Crippen molar-refractivity contribution in [3.8, 4) is 0 Å². The first-order chi connectivity index (χ1) is 8.72.